The second-order valence-corrected chi connectivity index (χ2v) is 7.82. The average molecular weight is 451 g/mol. The van der Waals surface area contributed by atoms with E-state index in [1.54, 1.807) is 0 Å². The van der Waals surface area contributed by atoms with Crippen molar-refractivity contribution in [2.45, 2.75) is 38.9 Å². The summed E-state index contributed by atoms with van der Waals surface area (Å²) in [5, 5.41) is 9.09. The van der Waals surface area contributed by atoms with E-state index in [0.717, 1.165) is 34.1 Å². The van der Waals surface area contributed by atoms with Crippen LogP contribution in [0.15, 0.2) is 72.8 Å². The highest BCUT2D eigenvalue weighted by atomic mass is 16.5. The molecule has 0 spiro atoms. The van der Waals surface area contributed by atoms with Crippen LogP contribution in [0.2, 0.25) is 0 Å². The Hall–Kier alpha value is -3.51. The van der Waals surface area contributed by atoms with Gasteiger partial charge in [0.05, 0.1) is 12.7 Å². The average Bonchev–Trinajstić information content (AvgIpc) is 2.81. The molecule has 0 unspecified atom stereocenters. The van der Waals surface area contributed by atoms with Gasteiger partial charge < -0.3 is 24.1 Å². The summed E-state index contributed by atoms with van der Waals surface area (Å²) in [4.78, 5) is 11.1. The highest BCUT2D eigenvalue weighted by Gasteiger charge is 2.16. The predicted molar refractivity (Wildman–Crippen MR) is 126 cm³/mol. The van der Waals surface area contributed by atoms with E-state index in [4.69, 9.17) is 24.1 Å². The lowest BCUT2D eigenvalue weighted by molar-refractivity contribution is -0.148. The monoisotopic (exact) mass is 450 g/mol. The summed E-state index contributed by atoms with van der Waals surface area (Å²) in [5.74, 6) is 2.15. The SMILES string of the molecule is CO[C@@H](Cc1ccc(O[C@H](C)CCOc2ccc(Oc3ccccc3)c(C)c2)cc1)C(=O)O. The van der Waals surface area contributed by atoms with Crippen molar-refractivity contribution in [3.05, 3.63) is 83.9 Å². The lowest BCUT2D eigenvalue weighted by atomic mass is 10.1. The highest BCUT2D eigenvalue weighted by molar-refractivity contribution is 5.72. The number of rotatable bonds is 12. The van der Waals surface area contributed by atoms with Gasteiger partial charge in [0.25, 0.3) is 0 Å². The lowest BCUT2D eigenvalue weighted by Crippen LogP contribution is -2.24. The van der Waals surface area contributed by atoms with Gasteiger partial charge in [-0.3, -0.25) is 0 Å². The number of hydrogen-bond donors (Lipinski definition) is 1. The van der Waals surface area contributed by atoms with Crippen molar-refractivity contribution in [1.29, 1.82) is 0 Å². The Morgan fingerprint density at radius 3 is 2.27 bits per heavy atom. The topological polar surface area (TPSA) is 74.2 Å². The van der Waals surface area contributed by atoms with Crippen molar-refractivity contribution in [3.8, 4) is 23.0 Å². The maximum atomic E-state index is 11.1. The zero-order valence-electron chi connectivity index (χ0n) is 19.2. The molecule has 6 heteroatoms. The zero-order valence-corrected chi connectivity index (χ0v) is 19.2. The Balaban J connectivity index is 1.44. The first-order chi connectivity index (χ1) is 15.9. The number of methoxy groups -OCH3 is 1. The predicted octanol–water partition coefficient (Wildman–Crippen LogP) is 5.67. The quantitative estimate of drug-likeness (QED) is 0.383. The molecule has 0 aromatic heterocycles. The molecular formula is C27H30O6. The van der Waals surface area contributed by atoms with Crippen molar-refractivity contribution >= 4 is 5.97 Å². The van der Waals surface area contributed by atoms with Gasteiger partial charge in [0.1, 0.15) is 23.0 Å². The summed E-state index contributed by atoms with van der Waals surface area (Å²) in [7, 11) is 1.40. The van der Waals surface area contributed by atoms with Crippen molar-refractivity contribution in [2.75, 3.05) is 13.7 Å². The minimum atomic E-state index is -0.972. The summed E-state index contributed by atoms with van der Waals surface area (Å²) in [6, 6.07) is 22.9. The third-order valence-corrected chi connectivity index (χ3v) is 5.15. The van der Waals surface area contributed by atoms with Crippen LogP contribution in [-0.2, 0) is 16.0 Å². The largest absolute Gasteiger partial charge is 0.493 e. The van der Waals surface area contributed by atoms with Crippen molar-refractivity contribution in [1.82, 2.24) is 0 Å². The van der Waals surface area contributed by atoms with E-state index < -0.39 is 12.1 Å². The van der Waals surface area contributed by atoms with Gasteiger partial charge in [0, 0.05) is 20.0 Å². The molecule has 0 saturated heterocycles. The molecule has 3 rings (SSSR count). The number of para-hydroxylation sites is 1. The van der Waals surface area contributed by atoms with Crippen LogP contribution in [0.4, 0.5) is 0 Å². The molecule has 0 aliphatic rings. The van der Waals surface area contributed by atoms with Crippen LogP contribution in [0.3, 0.4) is 0 Å². The van der Waals surface area contributed by atoms with Gasteiger partial charge in [-0.2, -0.15) is 0 Å². The number of aliphatic carboxylic acids is 1. The van der Waals surface area contributed by atoms with E-state index in [-0.39, 0.29) is 6.10 Å². The minimum absolute atomic E-state index is 0.0385. The summed E-state index contributed by atoms with van der Waals surface area (Å²) >= 11 is 0. The van der Waals surface area contributed by atoms with E-state index in [2.05, 4.69) is 0 Å². The van der Waals surface area contributed by atoms with E-state index in [1.807, 2.05) is 86.6 Å². The van der Waals surface area contributed by atoms with Gasteiger partial charge in [0.15, 0.2) is 6.10 Å². The van der Waals surface area contributed by atoms with Gasteiger partial charge in [-0.25, -0.2) is 4.79 Å². The molecule has 0 aliphatic carbocycles. The molecule has 0 amide bonds. The molecule has 174 valence electrons. The van der Waals surface area contributed by atoms with Crippen molar-refractivity contribution in [2.24, 2.45) is 0 Å². The van der Waals surface area contributed by atoms with Crippen LogP contribution >= 0.6 is 0 Å². The molecule has 0 fully saturated rings. The number of hydrogen-bond acceptors (Lipinski definition) is 5. The fourth-order valence-electron chi connectivity index (χ4n) is 3.27. The fraction of sp³-hybridized carbons (Fsp3) is 0.296. The van der Waals surface area contributed by atoms with Crippen LogP contribution in [0.5, 0.6) is 23.0 Å². The smallest absolute Gasteiger partial charge is 0.333 e. The molecule has 0 saturated carbocycles. The number of aryl methyl sites for hydroxylation is 1. The molecule has 0 heterocycles. The molecule has 0 bridgehead atoms. The molecular weight excluding hydrogens is 420 g/mol. The lowest BCUT2D eigenvalue weighted by Gasteiger charge is -2.16. The fourth-order valence-corrected chi connectivity index (χ4v) is 3.27. The number of benzene rings is 3. The second kappa shape index (κ2) is 11.9. The normalized spacial score (nSPS) is 12.6. The van der Waals surface area contributed by atoms with Gasteiger partial charge in [-0.05, 0) is 67.4 Å². The third-order valence-electron chi connectivity index (χ3n) is 5.15. The zero-order chi connectivity index (χ0) is 23.6. The molecule has 0 aliphatic heterocycles. The van der Waals surface area contributed by atoms with E-state index in [9.17, 15) is 4.79 Å². The van der Waals surface area contributed by atoms with Gasteiger partial charge in [-0.1, -0.05) is 30.3 Å². The molecule has 33 heavy (non-hydrogen) atoms. The molecule has 1 N–H and O–H groups in total. The van der Waals surface area contributed by atoms with E-state index in [0.29, 0.717) is 19.4 Å². The maximum absolute atomic E-state index is 11.1. The minimum Gasteiger partial charge on any atom is -0.493 e. The van der Waals surface area contributed by atoms with Crippen LogP contribution in [0.25, 0.3) is 0 Å². The Morgan fingerprint density at radius 2 is 1.64 bits per heavy atom. The Bertz CT molecular complexity index is 1020. The van der Waals surface area contributed by atoms with Gasteiger partial charge >= 0.3 is 5.97 Å². The van der Waals surface area contributed by atoms with Crippen LogP contribution < -0.4 is 14.2 Å². The Kier molecular flexibility index (Phi) is 8.72. The third kappa shape index (κ3) is 7.54. The van der Waals surface area contributed by atoms with Gasteiger partial charge in [-0.15, -0.1) is 0 Å². The number of carboxylic acids is 1. The van der Waals surface area contributed by atoms with Crippen molar-refractivity contribution in [3.63, 3.8) is 0 Å². The number of carbonyl (C=O) groups is 1. The summed E-state index contributed by atoms with van der Waals surface area (Å²) in [6.45, 7) is 4.50. The molecule has 0 radical (unpaired) electrons. The van der Waals surface area contributed by atoms with Crippen molar-refractivity contribution < 1.29 is 28.8 Å². The summed E-state index contributed by atoms with van der Waals surface area (Å²) in [5.41, 5.74) is 1.88. The first kappa shape index (κ1) is 24.1. The summed E-state index contributed by atoms with van der Waals surface area (Å²) in [6.07, 6.45) is 0.136. The molecule has 6 nitrogen and oxygen atoms in total. The maximum Gasteiger partial charge on any atom is 0.333 e. The first-order valence-electron chi connectivity index (χ1n) is 10.9. The van der Waals surface area contributed by atoms with Crippen LogP contribution in [0, 0.1) is 6.92 Å². The van der Waals surface area contributed by atoms with E-state index in [1.165, 1.54) is 7.11 Å². The number of ether oxygens (including phenoxy) is 4. The highest BCUT2D eigenvalue weighted by Crippen LogP contribution is 2.28. The van der Waals surface area contributed by atoms with E-state index >= 15 is 0 Å². The first-order valence-corrected chi connectivity index (χ1v) is 10.9. The van der Waals surface area contributed by atoms with Crippen LogP contribution in [0.1, 0.15) is 24.5 Å². The van der Waals surface area contributed by atoms with Gasteiger partial charge in [0.2, 0.25) is 0 Å². The molecule has 3 aromatic rings. The number of carboxylic acid groups (broad SMARTS) is 1. The Morgan fingerprint density at radius 1 is 0.939 bits per heavy atom. The second-order valence-electron chi connectivity index (χ2n) is 7.82. The Labute approximate surface area is 194 Å². The summed E-state index contributed by atoms with van der Waals surface area (Å²) < 4.78 is 22.7. The molecule has 2 atom stereocenters. The van der Waals surface area contributed by atoms with Crippen LogP contribution in [-0.4, -0.2) is 37.0 Å². The standard InChI is InChI=1S/C27H30O6/c1-19-17-24(13-14-25(19)33-22-7-5-4-6-8-22)31-16-15-20(2)32-23-11-9-21(10-12-23)18-26(30-3)27(28)29/h4-14,17,20,26H,15-16,18H2,1-3H3,(H,28,29)/t20-,26+/m1/s1. The molecule has 3 aromatic carbocycles.